The van der Waals surface area contributed by atoms with E-state index in [4.69, 9.17) is 5.73 Å². The molecule has 17 heavy (non-hydrogen) atoms. The van der Waals surface area contributed by atoms with Gasteiger partial charge in [0.1, 0.15) is 4.21 Å². The smallest absolute Gasteiger partial charge is 0.252 e. The van der Waals surface area contributed by atoms with Crippen molar-refractivity contribution in [2.24, 2.45) is 11.1 Å². The second-order valence-electron chi connectivity index (χ2n) is 5.15. The van der Waals surface area contributed by atoms with Crippen molar-refractivity contribution >= 4 is 21.4 Å². The average Bonchev–Trinajstić information content (AvgIpc) is 2.75. The first-order chi connectivity index (χ1) is 7.84. The summed E-state index contributed by atoms with van der Waals surface area (Å²) in [4.78, 5) is 0. The van der Waals surface area contributed by atoms with E-state index >= 15 is 0 Å². The molecule has 1 aliphatic rings. The molecule has 2 rings (SSSR count). The highest BCUT2D eigenvalue weighted by molar-refractivity contribution is 7.91. The molecular weight excluding hydrogens is 256 g/mol. The highest BCUT2D eigenvalue weighted by atomic mass is 32.2. The Hall–Kier alpha value is -0.430. The highest BCUT2D eigenvalue weighted by Crippen LogP contribution is 2.32. The Morgan fingerprint density at radius 3 is 2.76 bits per heavy atom. The molecule has 96 valence electrons. The maximum absolute atomic E-state index is 12.3. The van der Waals surface area contributed by atoms with Crippen LogP contribution in [0, 0.1) is 5.41 Å². The normalized spacial score (nSPS) is 25.9. The lowest BCUT2D eigenvalue weighted by molar-refractivity contribution is 0.156. The molecule has 0 aromatic carbocycles. The van der Waals surface area contributed by atoms with Crippen LogP contribution in [0.1, 0.15) is 20.3 Å². The van der Waals surface area contributed by atoms with Crippen LogP contribution in [0.5, 0.6) is 0 Å². The average molecular weight is 274 g/mol. The third-order valence-electron chi connectivity index (χ3n) is 3.37. The molecule has 1 unspecified atom stereocenters. The molecule has 1 atom stereocenters. The van der Waals surface area contributed by atoms with Crippen LogP contribution >= 0.6 is 11.3 Å². The number of rotatable bonds is 2. The number of thiophene rings is 1. The van der Waals surface area contributed by atoms with Crippen molar-refractivity contribution in [1.82, 2.24) is 4.31 Å². The zero-order chi connectivity index (χ0) is 12.7. The summed E-state index contributed by atoms with van der Waals surface area (Å²) in [7, 11) is -3.32. The Morgan fingerprint density at radius 2 is 2.24 bits per heavy atom. The van der Waals surface area contributed by atoms with E-state index in [0.29, 0.717) is 17.3 Å². The van der Waals surface area contributed by atoms with Crippen molar-refractivity contribution in [3.05, 3.63) is 17.5 Å². The van der Waals surface area contributed by atoms with E-state index < -0.39 is 10.0 Å². The molecule has 0 aliphatic carbocycles. The molecule has 2 heterocycles. The summed E-state index contributed by atoms with van der Waals surface area (Å²) < 4.78 is 26.7. The zero-order valence-corrected chi connectivity index (χ0v) is 11.7. The van der Waals surface area contributed by atoms with Gasteiger partial charge < -0.3 is 5.73 Å². The second-order valence-corrected chi connectivity index (χ2v) is 8.27. The van der Waals surface area contributed by atoms with E-state index in [0.717, 1.165) is 6.42 Å². The lowest BCUT2D eigenvalue weighted by Gasteiger charge is -2.41. The number of sulfonamides is 1. The topological polar surface area (TPSA) is 63.4 Å². The first-order valence-corrected chi connectivity index (χ1v) is 7.95. The molecule has 6 heteroatoms. The van der Waals surface area contributed by atoms with Gasteiger partial charge in [-0.15, -0.1) is 11.3 Å². The van der Waals surface area contributed by atoms with Crippen LogP contribution in [0.3, 0.4) is 0 Å². The fourth-order valence-corrected chi connectivity index (χ4v) is 4.84. The summed E-state index contributed by atoms with van der Waals surface area (Å²) in [5.74, 6) is 0. The van der Waals surface area contributed by atoms with Crippen LogP contribution in [-0.4, -0.2) is 31.9 Å². The molecule has 1 aliphatic heterocycles. The van der Waals surface area contributed by atoms with Gasteiger partial charge in [-0.05, 0) is 23.3 Å². The van der Waals surface area contributed by atoms with E-state index in [1.54, 1.807) is 21.8 Å². The quantitative estimate of drug-likeness (QED) is 0.889. The fraction of sp³-hybridized carbons (Fsp3) is 0.636. The van der Waals surface area contributed by atoms with Crippen molar-refractivity contribution in [3.8, 4) is 0 Å². The molecule has 4 nitrogen and oxygen atoms in total. The zero-order valence-electron chi connectivity index (χ0n) is 10.1. The maximum atomic E-state index is 12.3. The van der Waals surface area contributed by atoms with Gasteiger partial charge in [-0.1, -0.05) is 19.9 Å². The summed E-state index contributed by atoms with van der Waals surface area (Å²) in [6.45, 7) is 5.06. The van der Waals surface area contributed by atoms with Crippen LogP contribution in [0.2, 0.25) is 0 Å². The van der Waals surface area contributed by atoms with Gasteiger partial charge in [0, 0.05) is 19.1 Å². The molecule has 1 aromatic rings. The molecule has 0 saturated carbocycles. The lowest BCUT2D eigenvalue weighted by Crippen LogP contribution is -2.53. The summed E-state index contributed by atoms with van der Waals surface area (Å²) >= 11 is 1.26. The summed E-state index contributed by atoms with van der Waals surface area (Å²) in [6.07, 6.45) is 0.720. The standard InChI is InChI=1S/C11H18N2O2S2/c1-11(2)8-13(6-5-9(11)12)17(14,15)10-4-3-7-16-10/h3-4,7,9H,5-6,8,12H2,1-2H3. The van der Waals surface area contributed by atoms with Crippen LogP contribution in [0.4, 0.5) is 0 Å². The Kier molecular flexibility index (Phi) is 3.33. The Bertz CT molecular complexity index is 480. The Morgan fingerprint density at radius 1 is 1.53 bits per heavy atom. The summed E-state index contributed by atoms with van der Waals surface area (Å²) in [5.41, 5.74) is 5.85. The SMILES string of the molecule is CC1(C)CN(S(=O)(=O)c2cccs2)CCC1N. The van der Waals surface area contributed by atoms with E-state index in [-0.39, 0.29) is 11.5 Å². The van der Waals surface area contributed by atoms with Crippen molar-refractivity contribution in [2.75, 3.05) is 13.1 Å². The monoisotopic (exact) mass is 274 g/mol. The van der Waals surface area contributed by atoms with Gasteiger partial charge in [-0.2, -0.15) is 4.31 Å². The molecule has 0 radical (unpaired) electrons. The van der Waals surface area contributed by atoms with Gasteiger partial charge >= 0.3 is 0 Å². The number of piperidine rings is 1. The lowest BCUT2D eigenvalue weighted by atomic mass is 9.81. The molecule has 0 amide bonds. The van der Waals surface area contributed by atoms with Crippen LogP contribution in [-0.2, 0) is 10.0 Å². The van der Waals surface area contributed by atoms with Gasteiger partial charge in [0.15, 0.2) is 0 Å². The van der Waals surface area contributed by atoms with Crippen LogP contribution < -0.4 is 5.73 Å². The van der Waals surface area contributed by atoms with Crippen LogP contribution in [0.15, 0.2) is 21.7 Å². The van der Waals surface area contributed by atoms with Crippen molar-refractivity contribution in [2.45, 2.75) is 30.5 Å². The number of hydrogen-bond acceptors (Lipinski definition) is 4. The number of nitrogens with two attached hydrogens (primary N) is 1. The molecular formula is C11H18N2O2S2. The molecule has 0 bridgehead atoms. The predicted molar refractivity (Wildman–Crippen MR) is 69.5 cm³/mol. The Labute approximate surface area is 106 Å². The van der Waals surface area contributed by atoms with E-state index in [9.17, 15) is 8.42 Å². The third-order valence-corrected chi connectivity index (χ3v) is 6.58. The molecule has 1 aromatic heterocycles. The maximum Gasteiger partial charge on any atom is 0.252 e. The van der Waals surface area contributed by atoms with Crippen molar-refractivity contribution < 1.29 is 8.42 Å². The van der Waals surface area contributed by atoms with E-state index in [2.05, 4.69) is 0 Å². The third kappa shape index (κ3) is 2.40. The summed E-state index contributed by atoms with van der Waals surface area (Å²) in [6, 6.07) is 3.48. The molecule has 2 N–H and O–H groups in total. The fourth-order valence-electron chi connectivity index (χ4n) is 2.07. The summed E-state index contributed by atoms with van der Waals surface area (Å²) in [5, 5.41) is 1.79. The van der Waals surface area contributed by atoms with Gasteiger partial charge in [-0.3, -0.25) is 0 Å². The van der Waals surface area contributed by atoms with Gasteiger partial charge in [0.25, 0.3) is 10.0 Å². The number of nitrogens with zero attached hydrogens (tertiary/aromatic N) is 1. The second kappa shape index (κ2) is 4.35. The van der Waals surface area contributed by atoms with Gasteiger partial charge in [-0.25, -0.2) is 8.42 Å². The van der Waals surface area contributed by atoms with Crippen molar-refractivity contribution in [3.63, 3.8) is 0 Å². The minimum absolute atomic E-state index is 0.0669. The van der Waals surface area contributed by atoms with E-state index in [1.165, 1.54) is 11.3 Å². The van der Waals surface area contributed by atoms with Crippen molar-refractivity contribution in [1.29, 1.82) is 0 Å². The Balaban J connectivity index is 2.25. The first-order valence-electron chi connectivity index (χ1n) is 5.63. The molecule has 0 spiro atoms. The van der Waals surface area contributed by atoms with E-state index in [1.807, 2.05) is 13.8 Å². The predicted octanol–water partition coefficient (Wildman–Crippen LogP) is 1.50. The van der Waals surface area contributed by atoms with Crippen LogP contribution in [0.25, 0.3) is 0 Å². The van der Waals surface area contributed by atoms with Gasteiger partial charge in [0.2, 0.25) is 0 Å². The first kappa shape index (κ1) is 13.0. The minimum atomic E-state index is -3.32. The molecule has 1 saturated heterocycles. The number of hydrogen-bond donors (Lipinski definition) is 1. The molecule has 1 fully saturated rings. The largest absolute Gasteiger partial charge is 0.327 e. The van der Waals surface area contributed by atoms with Gasteiger partial charge in [0.05, 0.1) is 0 Å². The highest BCUT2D eigenvalue weighted by Gasteiger charge is 2.38. The minimum Gasteiger partial charge on any atom is -0.327 e.